The van der Waals surface area contributed by atoms with E-state index in [-0.39, 0.29) is 11.4 Å². The Morgan fingerprint density at radius 2 is 1.70 bits per heavy atom. The predicted molar refractivity (Wildman–Crippen MR) is 72.8 cm³/mol. The van der Waals surface area contributed by atoms with Gasteiger partial charge in [-0.05, 0) is 29.8 Å². The number of nitrogens with zero attached hydrogens (tertiary/aromatic N) is 2. The molecule has 0 spiro atoms. The van der Waals surface area contributed by atoms with Crippen molar-refractivity contribution in [2.45, 2.75) is 0 Å². The highest BCUT2D eigenvalue weighted by Crippen LogP contribution is 2.30. The van der Waals surface area contributed by atoms with Gasteiger partial charge in [-0.25, -0.2) is 9.18 Å². The van der Waals surface area contributed by atoms with Crippen LogP contribution in [0.25, 0.3) is 22.4 Å². The van der Waals surface area contributed by atoms with Gasteiger partial charge in [0.1, 0.15) is 11.5 Å². The lowest BCUT2D eigenvalue weighted by molar-refractivity contribution is 0.358. The molecule has 6 heteroatoms. The number of rotatable bonds is 2. The van der Waals surface area contributed by atoms with Crippen LogP contribution in [0.1, 0.15) is 0 Å². The maximum Gasteiger partial charge on any atom is 0.367 e. The Bertz CT molecular complexity index is 794. The molecule has 1 aromatic carbocycles. The second kappa shape index (κ2) is 4.94. The molecule has 4 nitrogen and oxygen atoms in total. The molecule has 100 valence electrons. The fraction of sp³-hybridized carbons (Fsp3) is 0. The number of benzene rings is 1. The number of hydrogen-bond acceptors (Lipinski definition) is 3. The maximum atomic E-state index is 13.0. The quantitative estimate of drug-likeness (QED) is 0.727. The van der Waals surface area contributed by atoms with Crippen LogP contribution >= 0.6 is 11.8 Å². The van der Waals surface area contributed by atoms with Gasteiger partial charge in [0.25, 0.3) is 0 Å². The van der Waals surface area contributed by atoms with Crippen molar-refractivity contribution >= 4 is 11.8 Å². The molecule has 0 aliphatic rings. The third kappa shape index (κ3) is 2.12. The van der Waals surface area contributed by atoms with Crippen LogP contribution in [0.15, 0.2) is 58.1 Å². The summed E-state index contributed by atoms with van der Waals surface area (Å²) in [6, 6.07) is 8.96. The Hall–Kier alpha value is -2.40. The van der Waals surface area contributed by atoms with E-state index in [2.05, 4.69) is 4.98 Å². The van der Waals surface area contributed by atoms with Crippen LogP contribution in [-0.2, 0) is 0 Å². The zero-order chi connectivity index (χ0) is 14.1. The van der Waals surface area contributed by atoms with Crippen LogP contribution < -0.4 is 5.63 Å². The zero-order valence-corrected chi connectivity index (χ0v) is 10.8. The Balaban J connectivity index is 2.26. The van der Waals surface area contributed by atoms with E-state index in [4.69, 9.17) is 16.3 Å². The van der Waals surface area contributed by atoms with Crippen molar-refractivity contribution in [3.63, 3.8) is 0 Å². The zero-order valence-electron chi connectivity index (χ0n) is 10.1. The molecule has 0 amide bonds. The summed E-state index contributed by atoms with van der Waals surface area (Å²) in [4.78, 5) is 15.8. The van der Waals surface area contributed by atoms with Crippen LogP contribution in [0.3, 0.4) is 0 Å². The summed E-state index contributed by atoms with van der Waals surface area (Å²) in [5.74, 6) is -0.381. The molecule has 3 aromatic rings. The molecule has 0 bridgehead atoms. The van der Waals surface area contributed by atoms with Crippen molar-refractivity contribution in [2.75, 3.05) is 0 Å². The van der Waals surface area contributed by atoms with Crippen molar-refractivity contribution in [3.05, 3.63) is 65.0 Å². The molecule has 0 fully saturated rings. The summed E-state index contributed by atoms with van der Waals surface area (Å²) in [7, 11) is 0. The molecule has 0 aliphatic carbocycles. The van der Waals surface area contributed by atoms with Crippen molar-refractivity contribution in [2.24, 2.45) is 0 Å². The Labute approximate surface area is 118 Å². The first-order valence-corrected chi connectivity index (χ1v) is 6.09. The van der Waals surface area contributed by atoms with E-state index in [9.17, 15) is 9.18 Å². The average molecular weight is 291 g/mol. The van der Waals surface area contributed by atoms with Gasteiger partial charge in [0.2, 0.25) is 0 Å². The van der Waals surface area contributed by atoms with E-state index in [1.165, 1.54) is 24.3 Å². The van der Waals surface area contributed by atoms with Crippen molar-refractivity contribution in [1.82, 2.24) is 9.24 Å². The molecule has 0 N–H and O–H groups in total. The lowest BCUT2D eigenvalue weighted by atomic mass is 10.0. The molecule has 0 aliphatic heterocycles. The summed E-state index contributed by atoms with van der Waals surface area (Å²) >= 11 is 5.92. The van der Waals surface area contributed by atoms with Crippen LogP contribution in [-0.4, -0.2) is 9.24 Å². The minimum absolute atomic E-state index is 0.284. The first-order chi connectivity index (χ1) is 9.66. The van der Waals surface area contributed by atoms with Crippen LogP contribution in [0.2, 0.25) is 0 Å². The van der Waals surface area contributed by atoms with E-state index in [1.54, 1.807) is 24.5 Å². The van der Waals surface area contributed by atoms with Gasteiger partial charge in [0.05, 0.1) is 17.3 Å². The monoisotopic (exact) mass is 290 g/mol. The molecular weight excluding hydrogens is 283 g/mol. The highest BCUT2D eigenvalue weighted by atomic mass is 35.5. The van der Waals surface area contributed by atoms with Crippen molar-refractivity contribution in [1.29, 1.82) is 0 Å². The van der Waals surface area contributed by atoms with E-state index < -0.39 is 5.63 Å². The van der Waals surface area contributed by atoms with E-state index in [1.807, 2.05) is 0 Å². The lowest BCUT2D eigenvalue weighted by Crippen LogP contribution is -1.97. The molecular formula is C14H8ClFN2O2. The summed E-state index contributed by atoms with van der Waals surface area (Å²) in [6.45, 7) is 0. The molecule has 0 unspecified atom stereocenters. The SMILES string of the molecule is O=c1on(Cl)c(-c2ccncc2)c1-c1ccc(F)cc1. The van der Waals surface area contributed by atoms with Gasteiger partial charge in [-0.1, -0.05) is 12.1 Å². The topological polar surface area (TPSA) is 48.0 Å². The summed E-state index contributed by atoms with van der Waals surface area (Å²) in [5, 5.41) is 0. The largest absolute Gasteiger partial charge is 0.367 e. The molecule has 20 heavy (non-hydrogen) atoms. The number of pyridine rings is 1. The molecule has 3 rings (SSSR count). The molecule has 0 saturated carbocycles. The summed E-state index contributed by atoms with van der Waals surface area (Å²) < 4.78 is 18.8. The van der Waals surface area contributed by atoms with Crippen molar-refractivity contribution in [3.8, 4) is 22.4 Å². The minimum atomic E-state index is -0.585. The predicted octanol–water partition coefficient (Wildman–Crippen LogP) is 3.31. The fourth-order valence-corrected chi connectivity index (χ4v) is 2.22. The second-order valence-electron chi connectivity index (χ2n) is 4.09. The summed E-state index contributed by atoms with van der Waals surface area (Å²) in [5.41, 5.74) is 1.32. The number of aromatic nitrogens is 2. The molecule has 0 radical (unpaired) electrons. The van der Waals surface area contributed by atoms with Crippen LogP contribution in [0, 0.1) is 5.82 Å². The van der Waals surface area contributed by atoms with Gasteiger partial charge in [-0.3, -0.25) is 4.98 Å². The molecule has 0 saturated heterocycles. The smallest absolute Gasteiger partial charge is 0.319 e. The van der Waals surface area contributed by atoms with Gasteiger partial charge in [0.15, 0.2) is 0 Å². The molecule has 2 aromatic heterocycles. The number of halogens is 2. The minimum Gasteiger partial charge on any atom is -0.319 e. The summed E-state index contributed by atoms with van der Waals surface area (Å²) in [6.07, 6.45) is 3.16. The number of hydrogen-bond donors (Lipinski definition) is 0. The maximum absolute atomic E-state index is 13.0. The van der Waals surface area contributed by atoms with Crippen LogP contribution in [0.5, 0.6) is 0 Å². The lowest BCUT2D eigenvalue weighted by Gasteiger charge is -2.03. The highest BCUT2D eigenvalue weighted by molar-refractivity contribution is 6.16. The highest BCUT2D eigenvalue weighted by Gasteiger charge is 2.20. The van der Waals surface area contributed by atoms with Crippen molar-refractivity contribution < 1.29 is 8.91 Å². The van der Waals surface area contributed by atoms with Gasteiger partial charge in [-0.2, -0.15) is 0 Å². The van der Waals surface area contributed by atoms with Crippen LogP contribution in [0.4, 0.5) is 4.39 Å². The molecule has 2 heterocycles. The van der Waals surface area contributed by atoms with Gasteiger partial charge in [-0.15, -0.1) is 4.26 Å². The van der Waals surface area contributed by atoms with E-state index >= 15 is 0 Å². The Kier molecular flexibility index (Phi) is 3.12. The third-order valence-corrected chi connectivity index (χ3v) is 3.10. The molecule has 0 atom stereocenters. The van der Waals surface area contributed by atoms with Gasteiger partial charge in [0, 0.05) is 18.0 Å². The second-order valence-corrected chi connectivity index (χ2v) is 4.40. The van der Waals surface area contributed by atoms with E-state index in [0.717, 1.165) is 4.26 Å². The average Bonchev–Trinajstić information content (AvgIpc) is 2.75. The first-order valence-electron chi connectivity index (χ1n) is 5.75. The standard InChI is InChI=1S/C14H8ClFN2O2/c15-18-13(10-5-7-17-8-6-10)12(14(19)20-18)9-1-3-11(16)4-2-9/h1-8H. The first kappa shape index (κ1) is 12.6. The third-order valence-electron chi connectivity index (χ3n) is 2.87. The normalized spacial score (nSPS) is 10.7. The Morgan fingerprint density at radius 3 is 2.35 bits per heavy atom. The fourth-order valence-electron chi connectivity index (χ4n) is 1.98. The van der Waals surface area contributed by atoms with Gasteiger partial charge < -0.3 is 4.52 Å². The van der Waals surface area contributed by atoms with Gasteiger partial charge >= 0.3 is 5.63 Å². The Morgan fingerprint density at radius 1 is 1.05 bits per heavy atom. The van der Waals surface area contributed by atoms with E-state index in [0.29, 0.717) is 16.8 Å².